The van der Waals surface area contributed by atoms with E-state index in [-0.39, 0.29) is 17.1 Å². The van der Waals surface area contributed by atoms with Crippen LogP contribution in [0, 0.1) is 6.92 Å². The Bertz CT molecular complexity index is 1330. The molecule has 4 aromatic rings. The van der Waals surface area contributed by atoms with E-state index in [2.05, 4.69) is 25.5 Å². The molecule has 3 heterocycles. The molecule has 9 nitrogen and oxygen atoms in total. The summed E-state index contributed by atoms with van der Waals surface area (Å²) in [4.78, 5) is 32.9. The highest BCUT2D eigenvalue weighted by atomic mass is 19.4. The number of carbonyl (C=O) groups excluding carboxylic acids is 1. The van der Waals surface area contributed by atoms with Crippen LogP contribution in [0.15, 0.2) is 66.1 Å². The van der Waals surface area contributed by atoms with Crippen molar-refractivity contribution in [2.45, 2.75) is 13.1 Å². The lowest BCUT2D eigenvalue weighted by Gasteiger charge is -2.13. The quantitative estimate of drug-likeness (QED) is 0.522. The van der Waals surface area contributed by atoms with Gasteiger partial charge in [0.15, 0.2) is 11.5 Å². The monoisotopic (exact) mass is 441 g/mol. The van der Waals surface area contributed by atoms with E-state index in [4.69, 9.17) is 0 Å². The van der Waals surface area contributed by atoms with Crippen molar-refractivity contribution < 1.29 is 18.0 Å². The van der Waals surface area contributed by atoms with Crippen LogP contribution in [-0.4, -0.2) is 35.4 Å². The number of benzene rings is 1. The molecule has 0 spiro atoms. The highest BCUT2D eigenvalue weighted by Crippen LogP contribution is 2.30. The van der Waals surface area contributed by atoms with Gasteiger partial charge in [-0.1, -0.05) is 6.07 Å². The molecule has 0 aliphatic carbocycles. The van der Waals surface area contributed by atoms with Crippen molar-refractivity contribution in [3.8, 4) is 11.5 Å². The number of carbonyl (C=O) groups is 1. The molecule has 32 heavy (non-hydrogen) atoms. The Kier molecular flexibility index (Phi) is 5.26. The summed E-state index contributed by atoms with van der Waals surface area (Å²) in [5.74, 6) is -0.369. The minimum Gasteiger partial charge on any atom is -0.319 e. The minimum absolute atomic E-state index is 0.0604. The number of alkyl halides is 3. The zero-order chi connectivity index (χ0) is 22.9. The molecular formula is C20H14F3N7O2. The average molecular weight is 441 g/mol. The van der Waals surface area contributed by atoms with Gasteiger partial charge in [0.2, 0.25) is 5.43 Å². The average Bonchev–Trinajstić information content (AvgIpc) is 3.29. The molecule has 1 aromatic carbocycles. The largest absolute Gasteiger partial charge is 0.416 e. The molecule has 0 fully saturated rings. The van der Waals surface area contributed by atoms with Gasteiger partial charge >= 0.3 is 6.18 Å². The first kappa shape index (κ1) is 20.9. The molecule has 1 N–H and O–H groups in total. The zero-order valence-electron chi connectivity index (χ0n) is 16.4. The summed E-state index contributed by atoms with van der Waals surface area (Å²) in [5, 5.41) is 10.4. The number of rotatable bonds is 4. The Balaban J connectivity index is 1.63. The lowest BCUT2D eigenvalue weighted by molar-refractivity contribution is -0.137. The fourth-order valence-electron chi connectivity index (χ4n) is 2.89. The molecule has 3 aromatic heterocycles. The molecule has 12 heteroatoms. The number of hydrogen-bond acceptors (Lipinski definition) is 6. The number of nitrogens with one attached hydrogen (secondary N) is 1. The first-order chi connectivity index (χ1) is 15.2. The third-order valence-electron chi connectivity index (χ3n) is 4.40. The molecule has 4 rings (SSSR count). The number of nitrogens with zero attached hydrogens (tertiary/aromatic N) is 6. The summed E-state index contributed by atoms with van der Waals surface area (Å²) >= 11 is 0. The fraction of sp³-hybridized carbons (Fsp3) is 0.100. The van der Waals surface area contributed by atoms with E-state index >= 15 is 0 Å². The van der Waals surface area contributed by atoms with Crippen molar-refractivity contribution in [3.05, 3.63) is 88.5 Å². The van der Waals surface area contributed by atoms with Crippen molar-refractivity contribution in [3.63, 3.8) is 0 Å². The van der Waals surface area contributed by atoms with Gasteiger partial charge in [-0.3, -0.25) is 9.59 Å². The number of anilines is 1. The number of aromatic nitrogens is 6. The van der Waals surface area contributed by atoms with Crippen molar-refractivity contribution >= 4 is 11.6 Å². The first-order valence-electron chi connectivity index (χ1n) is 9.13. The van der Waals surface area contributed by atoms with Crippen LogP contribution < -0.4 is 10.7 Å². The van der Waals surface area contributed by atoms with E-state index in [1.807, 2.05) is 0 Å². The molecular weight excluding hydrogens is 427 g/mol. The molecule has 0 aliphatic rings. The molecule has 1 amide bonds. The third kappa shape index (κ3) is 4.24. The number of amides is 1. The van der Waals surface area contributed by atoms with Gasteiger partial charge in [0.25, 0.3) is 5.91 Å². The second-order valence-corrected chi connectivity index (χ2v) is 6.66. The molecule has 0 radical (unpaired) electrons. The van der Waals surface area contributed by atoms with Crippen LogP contribution in [0.2, 0.25) is 0 Å². The van der Waals surface area contributed by atoms with Gasteiger partial charge in [-0.2, -0.15) is 23.4 Å². The number of halogens is 3. The fourth-order valence-corrected chi connectivity index (χ4v) is 2.89. The van der Waals surface area contributed by atoms with Crippen LogP contribution in [0.3, 0.4) is 0 Å². The molecule has 0 unspecified atom stereocenters. The normalized spacial score (nSPS) is 11.4. The van der Waals surface area contributed by atoms with E-state index in [1.54, 1.807) is 12.1 Å². The molecule has 0 aliphatic heterocycles. The standard InChI is InChI=1S/C20H14F3N7O2/c1-12-7-16(31)18(28-30(12)15-4-2-3-13(8-15)20(21,22)23)19(32)27-14-5-6-17(25-9-14)29-11-24-10-26-29/h2-11H,1H3,(H,27,32). The van der Waals surface area contributed by atoms with E-state index in [0.717, 1.165) is 22.9 Å². The van der Waals surface area contributed by atoms with Crippen LogP contribution in [0.5, 0.6) is 0 Å². The smallest absolute Gasteiger partial charge is 0.319 e. The van der Waals surface area contributed by atoms with Crippen molar-refractivity contribution in [2.75, 3.05) is 5.32 Å². The van der Waals surface area contributed by atoms with Crippen molar-refractivity contribution in [1.82, 2.24) is 29.5 Å². The number of pyridine rings is 1. The van der Waals surface area contributed by atoms with Gasteiger partial charge in [-0.25, -0.2) is 19.3 Å². The molecule has 0 bridgehead atoms. The summed E-state index contributed by atoms with van der Waals surface area (Å²) in [6, 6.07) is 8.68. The Morgan fingerprint density at radius 3 is 2.59 bits per heavy atom. The summed E-state index contributed by atoms with van der Waals surface area (Å²) in [6.45, 7) is 1.50. The lowest BCUT2D eigenvalue weighted by atomic mass is 10.2. The van der Waals surface area contributed by atoms with E-state index in [9.17, 15) is 22.8 Å². The Hall–Kier alpha value is -4.35. The van der Waals surface area contributed by atoms with Crippen LogP contribution in [0.25, 0.3) is 11.5 Å². The highest BCUT2D eigenvalue weighted by Gasteiger charge is 2.30. The minimum atomic E-state index is -4.55. The lowest BCUT2D eigenvalue weighted by Crippen LogP contribution is -2.27. The maximum atomic E-state index is 13.1. The van der Waals surface area contributed by atoms with Crippen LogP contribution in [0.4, 0.5) is 18.9 Å². The van der Waals surface area contributed by atoms with E-state index in [1.165, 1.54) is 42.6 Å². The van der Waals surface area contributed by atoms with Gasteiger partial charge in [0.1, 0.15) is 12.7 Å². The molecule has 162 valence electrons. The SMILES string of the molecule is Cc1cc(=O)c(C(=O)Nc2ccc(-n3cncn3)nc2)nn1-c1cccc(C(F)(F)F)c1. The Morgan fingerprint density at radius 2 is 1.94 bits per heavy atom. The van der Waals surface area contributed by atoms with Gasteiger partial charge in [-0.15, -0.1) is 0 Å². The second-order valence-electron chi connectivity index (χ2n) is 6.66. The molecule has 0 saturated heterocycles. The van der Waals surface area contributed by atoms with Crippen molar-refractivity contribution in [1.29, 1.82) is 0 Å². The molecule has 0 atom stereocenters. The van der Waals surface area contributed by atoms with Gasteiger partial charge in [0, 0.05) is 11.8 Å². The van der Waals surface area contributed by atoms with Crippen LogP contribution >= 0.6 is 0 Å². The number of hydrogen-bond donors (Lipinski definition) is 1. The van der Waals surface area contributed by atoms with Gasteiger partial charge < -0.3 is 5.32 Å². The summed E-state index contributed by atoms with van der Waals surface area (Å²) in [6.07, 6.45) is -0.397. The van der Waals surface area contributed by atoms with E-state index in [0.29, 0.717) is 5.82 Å². The third-order valence-corrected chi connectivity index (χ3v) is 4.40. The summed E-state index contributed by atoms with van der Waals surface area (Å²) in [7, 11) is 0. The Labute approximate surface area is 178 Å². The topological polar surface area (TPSA) is 108 Å². The van der Waals surface area contributed by atoms with E-state index < -0.39 is 28.8 Å². The van der Waals surface area contributed by atoms with Crippen molar-refractivity contribution in [2.24, 2.45) is 0 Å². The predicted molar refractivity (Wildman–Crippen MR) is 107 cm³/mol. The number of aryl methyl sites for hydroxylation is 1. The van der Waals surface area contributed by atoms with Crippen LogP contribution in [0.1, 0.15) is 21.7 Å². The van der Waals surface area contributed by atoms with Crippen LogP contribution in [-0.2, 0) is 6.18 Å². The first-order valence-corrected chi connectivity index (χ1v) is 9.13. The maximum Gasteiger partial charge on any atom is 0.416 e. The highest BCUT2D eigenvalue weighted by molar-refractivity contribution is 6.02. The predicted octanol–water partition coefficient (Wildman–Crippen LogP) is 2.79. The summed E-state index contributed by atoms with van der Waals surface area (Å²) in [5.41, 5.74) is -1.41. The maximum absolute atomic E-state index is 13.1. The zero-order valence-corrected chi connectivity index (χ0v) is 16.4. The van der Waals surface area contributed by atoms with Gasteiger partial charge in [-0.05, 0) is 37.3 Å². The van der Waals surface area contributed by atoms with Gasteiger partial charge in [0.05, 0.1) is 23.1 Å². The summed E-state index contributed by atoms with van der Waals surface area (Å²) < 4.78 is 41.7. The second kappa shape index (κ2) is 8.06. The Morgan fingerprint density at radius 1 is 1.12 bits per heavy atom. The molecule has 0 saturated carbocycles.